The monoisotopic (exact) mass is 335 g/mol. The molecular weight excluding hydrogens is 317 g/mol. The Morgan fingerprint density at radius 2 is 1.88 bits per heavy atom. The van der Waals surface area contributed by atoms with E-state index in [0.717, 1.165) is 11.1 Å². The van der Waals surface area contributed by atoms with E-state index >= 15 is 0 Å². The third-order valence-corrected chi connectivity index (χ3v) is 3.81. The van der Waals surface area contributed by atoms with E-state index in [1.165, 1.54) is 12.1 Å². The Morgan fingerprint density at radius 3 is 2.60 bits per heavy atom. The summed E-state index contributed by atoms with van der Waals surface area (Å²) in [4.78, 5) is 16.4. The second-order valence-electron chi connectivity index (χ2n) is 5.68. The first-order valence-corrected chi connectivity index (χ1v) is 7.93. The molecule has 0 aliphatic carbocycles. The fourth-order valence-corrected chi connectivity index (χ4v) is 2.41. The normalized spacial score (nSPS) is 10.3. The van der Waals surface area contributed by atoms with Gasteiger partial charge in [-0.25, -0.2) is 9.37 Å². The number of carbonyl (C=O) groups is 1. The number of hydrogen-bond donors (Lipinski definition) is 2. The molecule has 25 heavy (non-hydrogen) atoms. The van der Waals surface area contributed by atoms with Crippen molar-refractivity contribution < 1.29 is 9.18 Å². The van der Waals surface area contributed by atoms with Gasteiger partial charge in [0.05, 0.1) is 11.9 Å². The molecule has 0 bridgehead atoms. The Hall–Kier alpha value is -3.21. The molecule has 0 spiro atoms. The quantitative estimate of drug-likeness (QED) is 0.735. The zero-order valence-electron chi connectivity index (χ0n) is 13.8. The van der Waals surface area contributed by atoms with E-state index in [-0.39, 0.29) is 11.7 Å². The van der Waals surface area contributed by atoms with E-state index in [2.05, 4.69) is 15.6 Å². The van der Waals surface area contributed by atoms with Crippen LogP contribution >= 0.6 is 0 Å². The molecule has 5 heteroatoms. The van der Waals surface area contributed by atoms with Crippen molar-refractivity contribution in [3.63, 3.8) is 0 Å². The average Bonchev–Trinajstić information content (AvgIpc) is 2.61. The molecule has 0 aliphatic rings. The van der Waals surface area contributed by atoms with Crippen LogP contribution in [0.2, 0.25) is 0 Å². The molecule has 0 radical (unpaired) electrons. The lowest BCUT2D eigenvalue weighted by Gasteiger charge is -2.09. The lowest BCUT2D eigenvalue weighted by atomic mass is 10.1. The van der Waals surface area contributed by atoms with Crippen LogP contribution < -0.4 is 10.6 Å². The van der Waals surface area contributed by atoms with Crippen molar-refractivity contribution in [1.82, 2.24) is 10.3 Å². The van der Waals surface area contributed by atoms with Crippen LogP contribution in [0.4, 0.5) is 15.8 Å². The van der Waals surface area contributed by atoms with Gasteiger partial charge in [-0.1, -0.05) is 30.3 Å². The average molecular weight is 335 g/mol. The molecule has 2 aromatic carbocycles. The summed E-state index contributed by atoms with van der Waals surface area (Å²) in [5.74, 6) is -0.550. The Labute approximate surface area is 145 Å². The minimum atomic E-state index is -0.315. The first-order chi connectivity index (χ1) is 12.1. The van der Waals surface area contributed by atoms with Gasteiger partial charge >= 0.3 is 0 Å². The highest BCUT2D eigenvalue weighted by atomic mass is 19.1. The van der Waals surface area contributed by atoms with Gasteiger partial charge in [0.1, 0.15) is 11.5 Å². The van der Waals surface area contributed by atoms with Crippen molar-refractivity contribution in [3.8, 4) is 0 Å². The van der Waals surface area contributed by atoms with E-state index in [0.29, 0.717) is 23.6 Å². The van der Waals surface area contributed by atoms with E-state index in [1.807, 2.05) is 31.2 Å². The number of amides is 1. The van der Waals surface area contributed by atoms with E-state index < -0.39 is 0 Å². The van der Waals surface area contributed by atoms with Gasteiger partial charge in [0.2, 0.25) is 0 Å². The molecule has 0 saturated carbocycles. The van der Waals surface area contributed by atoms with Crippen molar-refractivity contribution in [2.45, 2.75) is 13.5 Å². The number of nitrogens with one attached hydrogen (secondary N) is 2. The van der Waals surface area contributed by atoms with Crippen molar-refractivity contribution in [3.05, 3.63) is 89.5 Å². The number of halogens is 1. The van der Waals surface area contributed by atoms with E-state index in [9.17, 15) is 9.18 Å². The second kappa shape index (κ2) is 7.57. The number of anilines is 2. The van der Waals surface area contributed by atoms with Gasteiger partial charge in [-0.3, -0.25) is 4.79 Å². The van der Waals surface area contributed by atoms with Gasteiger partial charge in [0, 0.05) is 12.2 Å². The summed E-state index contributed by atoms with van der Waals surface area (Å²) < 4.78 is 13.2. The molecule has 1 heterocycles. The Kier molecular flexibility index (Phi) is 5.04. The fourth-order valence-electron chi connectivity index (χ4n) is 2.41. The number of pyridine rings is 1. The zero-order chi connectivity index (χ0) is 17.6. The fraction of sp³-hybridized carbons (Fsp3) is 0.100. The van der Waals surface area contributed by atoms with Crippen LogP contribution in [0, 0.1) is 12.7 Å². The number of aryl methyl sites for hydroxylation is 1. The predicted molar refractivity (Wildman–Crippen MR) is 96.3 cm³/mol. The Morgan fingerprint density at radius 1 is 1.04 bits per heavy atom. The summed E-state index contributed by atoms with van der Waals surface area (Å²) in [6, 6.07) is 17.4. The largest absolute Gasteiger partial charge is 0.354 e. The highest BCUT2D eigenvalue weighted by molar-refractivity contribution is 5.92. The topological polar surface area (TPSA) is 54.0 Å². The molecule has 4 nitrogen and oxygen atoms in total. The molecule has 126 valence electrons. The first kappa shape index (κ1) is 16.6. The lowest BCUT2D eigenvalue weighted by Crippen LogP contribution is -2.24. The standard InChI is InChI=1S/C20H18FN3O/c1-14-5-2-3-6-15(14)12-23-20(25)19-10-9-18(13-22-19)24-17-8-4-7-16(21)11-17/h2-11,13,24H,12H2,1H3,(H,23,25). The molecule has 0 unspecified atom stereocenters. The molecule has 1 aromatic heterocycles. The smallest absolute Gasteiger partial charge is 0.270 e. The van der Waals surface area contributed by atoms with Crippen LogP contribution in [-0.4, -0.2) is 10.9 Å². The van der Waals surface area contributed by atoms with Crippen LogP contribution in [0.25, 0.3) is 0 Å². The third kappa shape index (κ3) is 4.41. The van der Waals surface area contributed by atoms with Gasteiger partial charge in [-0.15, -0.1) is 0 Å². The molecule has 1 amide bonds. The predicted octanol–water partition coefficient (Wildman–Crippen LogP) is 4.20. The number of nitrogens with zero attached hydrogens (tertiary/aromatic N) is 1. The Balaban J connectivity index is 1.61. The van der Waals surface area contributed by atoms with Crippen molar-refractivity contribution >= 4 is 17.3 Å². The maximum Gasteiger partial charge on any atom is 0.270 e. The minimum Gasteiger partial charge on any atom is -0.354 e. The molecule has 0 fully saturated rings. The van der Waals surface area contributed by atoms with E-state index in [4.69, 9.17) is 0 Å². The van der Waals surface area contributed by atoms with Crippen molar-refractivity contribution in [2.24, 2.45) is 0 Å². The van der Waals surface area contributed by atoms with Crippen LogP contribution in [0.1, 0.15) is 21.6 Å². The summed E-state index contributed by atoms with van der Waals surface area (Å²) >= 11 is 0. The number of carbonyl (C=O) groups excluding carboxylic acids is 1. The Bertz CT molecular complexity index is 878. The molecule has 0 saturated heterocycles. The highest BCUT2D eigenvalue weighted by Gasteiger charge is 2.08. The first-order valence-electron chi connectivity index (χ1n) is 7.93. The van der Waals surface area contributed by atoms with Crippen molar-refractivity contribution in [2.75, 3.05) is 5.32 Å². The van der Waals surface area contributed by atoms with E-state index in [1.54, 1.807) is 30.5 Å². The summed E-state index contributed by atoms with van der Waals surface area (Å²) in [6.45, 7) is 2.46. The second-order valence-corrected chi connectivity index (χ2v) is 5.68. The number of aromatic nitrogens is 1. The zero-order valence-corrected chi connectivity index (χ0v) is 13.8. The maximum atomic E-state index is 13.2. The number of hydrogen-bond acceptors (Lipinski definition) is 3. The third-order valence-electron chi connectivity index (χ3n) is 3.81. The van der Waals surface area contributed by atoms with Gasteiger partial charge in [0.15, 0.2) is 0 Å². The van der Waals surface area contributed by atoms with Crippen LogP contribution in [-0.2, 0) is 6.54 Å². The number of benzene rings is 2. The minimum absolute atomic E-state index is 0.236. The summed E-state index contributed by atoms with van der Waals surface area (Å²) in [7, 11) is 0. The number of rotatable bonds is 5. The molecule has 0 aliphatic heterocycles. The van der Waals surface area contributed by atoms with Gasteiger partial charge in [-0.2, -0.15) is 0 Å². The molecule has 3 rings (SSSR count). The van der Waals surface area contributed by atoms with Gasteiger partial charge < -0.3 is 10.6 Å². The highest BCUT2D eigenvalue weighted by Crippen LogP contribution is 2.16. The maximum absolute atomic E-state index is 13.2. The molecule has 0 atom stereocenters. The molecular formula is C20H18FN3O. The van der Waals surface area contributed by atoms with Gasteiger partial charge in [-0.05, 0) is 48.4 Å². The molecule has 3 aromatic rings. The lowest BCUT2D eigenvalue weighted by molar-refractivity contribution is 0.0946. The van der Waals surface area contributed by atoms with Crippen LogP contribution in [0.15, 0.2) is 66.9 Å². The summed E-state index contributed by atoms with van der Waals surface area (Å²) in [6.07, 6.45) is 1.55. The summed E-state index contributed by atoms with van der Waals surface area (Å²) in [5, 5.41) is 5.90. The summed E-state index contributed by atoms with van der Waals surface area (Å²) in [5.41, 5.74) is 3.84. The van der Waals surface area contributed by atoms with Crippen LogP contribution in [0.3, 0.4) is 0 Å². The SMILES string of the molecule is Cc1ccccc1CNC(=O)c1ccc(Nc2cccc(F)c2)cn1. The molecule has 2 N–H and O–H groups in total. The van der Waals surface area contributed by atoms with Crippen molar-refractivity contribution in [1.29, 1.82) is 0 Å². The van der Waals surface area contributed by atoms with Crippen LogP contribution in [0.5, 0.6) is 0 Å². The van der Waals surface area contributed by atoms with Gasteiger partial charge in [0.25, 0.3) is 5.91 Å².